The minimum Gasteiger partial charge on any atom is -0.489 e. The van der Waals surface area contributed by atoms with Crippen molar-refractivity contribution in [3.8, 4) is 5.75 Å². The molecule has 7 heteroatoms. The average molecular weight is 569 g/mol. The molecule has 0 heterocycles. The number of ether oxygens (including phenoxy) is 1. The third kappa shape index (κ3) is 5.32. The second-order valence-corrected chi connectivity index (χ2v) is 7.89. The quantitative estimate of drug-likeness (QED) is 0.310. The van der Waals surface area contributed by atoms with E-state index >= 15 is 0 Å². The summed E-state index contributed by atoms with van der Waals surface area (Å²) in [6.45, 7) is 3.98. The van der Waals surface area contributed by atoms with Crippen LogP contribution < -0.4 is 10.2 Å². The third-order valence-corrected chi connectivity index (χ3v) is 4.80. The van der Waals surface area contributed by atoms with E-state index < -0.39 is 0 Å². The number of nitrogens with one attached hydrogen (secondary N) is 1. The predicted molar refractivity (Wildman–Crippen MR) is 114 cm³/mol. The third-order valence-electron chi connectivity index (χ3n) is 2.87. The molecule has 0 aliphatic heterocycles. The van der Waals surface area contributed by atoms with Gasteiger partial charge in [-0.15, -0.1) is 0 Å². The molecule has 1 amide bonds. The van der Waals surface area contributed by atoms with E-state index in [1.807, 2.05) is 26.0 Å². The monoisotopic (exact) mass is 568 g/mol. The Labute approximate surface area is 173 Å². The highest BCUT2D eigenvalue weighted by Crippen LogP contribution is 2.29. The Morgan fingerprint density at radius 2 is 1.88 bits per heavy atom. The van der Waals surface area contributed by atoms with Crippen LogP contribution >= 0.6 is 56.8 Å². The molecule has 4 nitrogen and oxygen atoms in total. The van der Waals surface area contributed by atoms with Crippen LogP contribution in [0.5, 0.6) is 5.75 Å². The van der Waals surface area contributed by atoms with Gasteiger partial charge < -0.3 is 4.74 Å². The summed E-state index contributed by atoms with van der Waals surface area (Å²) >= 11 is 10.4. The minimum absolute atomic E-state index is 0.112. The summed E-state index contributed by atoms with van der Waals surface area (Å²) < 4.78 is 7.79. The van der Waals surface area contributed by atoms with Gasteiger partial charge in [-0.25, -0.2) is 5.43 Å². The summed E-state index contributed by atoms with van der Waals surface area (Å²) in [6, 6.07) is 10.7. The smallest absolute Gasteiger partial charge is 0.272 e. The Morgan fingerprint density at radius 3 is 2.46 bits per heavy atom. The number of hydrogen-bond acceptors (Lipinski definition) is 3. The molecular formula is C17H15ClI2N2O2. The van der Waals surface area contributed by atoms with Crippen molar-refractivity contribution < 1.29 is 9.53 Å². The van der Waals surface area contributed by atoms with Gasteiger partial charge in [0.05, 0.1) is 30.0 Å². The molecule has 126 valence electrons. The molecule has 0 bridgehead atoms. The zero-order valence-corrected chi connectivity index (χ0v) is 18.1. The first-order chi connectivity index (χ1) is 11.4. The highest BCUT2D eigenvalue weighted by Gasteiger charge is 2.10. The fourth-order valence-electron chi connectivity index (χ4n) is 1.87. The number of hydrazone groups is 1. The summed E-state index contributed by atoms with van der Waals surface area (Å²) in [6.07, 6.45) is 1.71. The summed E-state index contributed by atoms with van der Waals surface area (Å²) in [7, 11) is 0. The van der Waals surface area contributed by atoms with Gasteiger partial charge in [-0.05, 0) is 88.9 Å². The Morgan fingerprint density at radius 1 is 1.25 bits per heavy atom. The number of halogens is 3. The van der Waals surface area contributed by atoms with Crippen LogP contribution in [0.2, 0.25) is 5.02 Å². The molecule has 0 saturated carbocycles. The van der Waals surface area contributed by atoms with Gasteiger partial charge in [-0.1, -0.05) is 23.7 Å². The van der Waals surface area contributed by atoms with Crippen molar-refractivity contribution in [2.24, 2.45) is 5.10 Å². The van der Waals surface area contributed by atoms with Gasteiger partial charge in [-0.2, -0.15) is 5.10 Å². The van der Waals surface area contributed by atoms with Crippen LogP contribution in [0, 0.1) is 7.14 Å². The Hall–Kier alpha value is -0.870. The maximum Gasteiger partial charge on any atom is 0.272 e. The van der Waals surface area contributed by atoms with Crippen molar-refractivity contribution >= 4 is 68.9 Å². The number of benzene rings is 2. The molecule has 2 aromatic carbocycles. The van der Waals surface area contributed by atoms with E-state index in [1.54, 1.807) is 30.5 Å². The second kappa shape index (κ2) is 9.00. The lowest BCUT2D eigenvalue weighted by molar-refractivity contribution is 0.0955. The molecule has 1 N–H and O–H groups in total. The van der Waals surface area contributed by atoms with Gasteiger partial charge in [0.2, 0.25) is 0 Å². The molecule has 2 rings (SSSR count). The number of carbonyl (C=O) groups is 1. The number of amides is 1. The second-order valence-electron chi connectivity index (χ2n) is 5.16. The van der Waals surface area contributed by atoms with Crippen molar-refractivity contribution in [3.63, 3.8) is 0 Å². The normalized spacial score (nSPS) is 11.1. The first-order valence-corrected chi connectivity index (χ1v) is 9.65. The highest BCUT2D eigenvalue weighted by molar-refractivity contribution is 14.1. The van der Waals surface area contributed by atoms with Crippen LogP contribution in [-0.4, -0.2) is 18.2 Å². The summed E-state index contributed by atoms with van der Waals surface area (Å²) in [5.41, 5.74) is 3.75. The lowest BCUT2D eigenvalue weighted by Crippen LogP contribution is -2.18. The maximum absolute atomic E-state index is 12.0. The van der Waals surface area contributed by atoms with E-state index in [0.717, 1.165) is 18.5 Å². The molecule has 0 fully saturated rings. The first kappa shape index (κ1) is 19.5. The van der Waals surface area contributed by atoms with Crippen molar-refractivity contribution in [3.05, 3.63) is 59.7 Å². The summed E-state index contributed by atoms with van der Waals surface area (Å²) in [5.74, 6) is 0.518. The molecule has 0 spiro atoms. The van der Waals surface area contributed by atoms with Crippen LogP contribution in [0.15, 0.2) is 41.5 Å². The molecule has 24 heavy (non-hydrogen) atoms. The molecule has 0 saturated heterocycles. The fourth-order valence-corrected chi connectivity index (χ4v) is 4.17. The first-order valence-electron chi connectivity index (χ1n) is 7.12. The van der Waals surface area contributed by atoms with Gasteiger partial charge in [-0.3, -0.25) is 4.79 Å². The molecular weight excluding hydrogens is 553 g/mol. The zero-order chi connectivity index (χ0) is 17.7. The molecule has 0 aliphatic rings. The predicted octanol–water partition coefficient (Wildman–Crippen LogP) is 5.10. The number of carbonyl (C=O) groups excluding carboxylic acids is 1. The molecule has 0 aromatic heterocycles. The van der Waals surface area contributed by atoms with Gasteiger partial charge in [0.1, 0.15) is 5.75 Å². The number of rotatable bonds is 5. The van der Waals surface area contributed by atoms with Crippen LogP contribution in [0.1, 0.15) is 29.8 Å². The van der Waals surface area contributed by atoms with E-state index in [9.17, 15) is 4.79 Å². The lowest BCUT2D eigenvalue weighted by atomic mass is 10.2. The van der Waals surface area contributed by atoms with Crippen LogP contribution in [0.25, 0.3) is 0 Å². The Balaban J connectivity index is 2.10. The van der Waals surface area contributed by atoms with Gasteiger partial charge in [0, 0.05) is 0 Å². The van der Waals surface area contributed by atoms with Gasteiger partial charge in [0.15, 0.2) is 0 Å². The van der Waals surface area contributed by atoms with E-state index in [-0.39, 0.29) is 12.0 Å². The lowest BCUT2D eigenvalue weighted by Gasteiger charge is -2.14. The van der Waals surface area contributed by atoms with E-state index in [4.69, 9.17) is 16.3 Å². The molecule has 0 radical (unpaired) electrons. The van der Waals surface area contributed by atoms with Crippen molar-refractivity contribution in [1.82, 2.24) is 5.43 Å². The fraction of sp³-hybridized carbons (Fsp3) is 0.176. The van der Waals surface area contributed by atoms with Crippen LogP contribution in [-0.2, 0) is 0 Å². The molecule has 0 atom stereocenters. The zero-order valence-electron chi connectivity index (χ0n) is 13.0. The highest BCUT2D eigenvalue weighted by atomic mass is 127. The number of hydrogen-bond donors (Lipinski definition) is 1. The molecule has 2 aromatic rings. The number of nitrogens with zero attached hydrogens (tertiary/aromatic N) is 1. The van der Waals surface area contributed by atoms with Crippen LogP contribution in [0.3, 0.4) is 0 Å². The van der Waals surface area contributed by atoms with Crippen LogP contribution in [0.4, 0.5) is 0 Å². The van der Waals surface area contributed by atoms with Crippen molar-refractivity contribution in [2.45, 2.75) is 20.0 Å². The molecule has 0 unspecified atom stereocenters. The van der Waals surface area contributed by atoms with Gasteiger partial charge >= 0.3 is 0 Å². The van der Waals surface area contributed by atoms with E-state index in [1.165, 1.54) is 0 Å². The largest absolute Gasteiger partial charge is 0.489 e. The minimum atomic E-state index is -0.346. The van der Waals surface area contributed by atoms with E-state index in [0.29, 0.717) is 10.6 Å². The van der Waals surface area contributed by atoms with Crippen molar-refractivity contribution in [2.75, 3.05) is 0 Å². The Kier molecular flexibility index (Phi) is 7.30. The average Bonchev–Trinajstić information content (AvgIpc) is 2.51. The Bertz CT molecular complexity index is 756. The standard InChI is InChI=1S/C17H15ClI2N2O2/c1-10(2)24-16-14(19)7-11(8-15(16)20)9-21-22-17(23)12-5-3-4-6-13(12)18/h3-10H,1-2H3,(H,22,23)/b21-9-. The van der Waals surface area contributed by atoms with Gasteiger partial charge in [0.25, 0.3) is 5.91 Å². The molecule has 0 aliphatic carbocycles. The summed E-state index contributed by atoms with van der Waals surface area (Å²) in [5, 5.41) is 4.39. The van der Waals surface area contributed by atoms with Crippen molar-refractivity contribution in [1.29, 1.82) is 0 Å². The SMILES string of the molecule is CC(C)Oc1c(I)cc(/C=N\NC(=O)c2ccccc2Cl)cc1I. The van der Waals surface area contributed by atoms with E-state index in [2.05, 4.69) is 55.7 Å². The maximum atomic E-state index is 12.0. The summed E-state index contributed by atoms with van der Waals surface area (Å²) in [4.78, 5) is 12.0. The topological polar surface area (TPSA) is 50.7 Å².